The van der Waals surface area contributed by atoms with Gasteiger partial charge in [-0.15, -0.1) is 11.3 Å². The maximum absolute atomic E-state index is 12.5. The van der Waals surface area contributed by atoms with E-state index in [0.29, 0.717) is 0 Å². The third kappa shape index (κ3) is 3.08. The Morgan fingerprint density at radius 1 is 1.43 bits per heavy atom. The molecular weight excluding hydrogens is 282 g/mol. The Morgan fingerprint density at radius 3 is 3.05 bits per heavy atom. The van der Waals surface area contributed by atoms with Crippen LogP contribution in [0, 0.1) is 0 Å². The van der Waals surface area contributed by atoms with Gasteiger partial charge in [-0.2, -0.15) is 0 Å². The van der Waals surface area contributed by atoms with Crippen LogP contribution in [0.15, 0.2) is 41.9 Å². The second-order valence-electron chi connectivity index (χ2n) is 5.29. The topological polar surface area (TPSA) is 45.2 Å². The number of hydrogen-bond acceptors (Lipinski definition) is 3. The van der Waals surface area contributed by atoms with Crippen LogP contribution in [0.5, 0.6) is 0 Å². The van der Waals surface area contributed by atoms with Crippen LogP contribution < -0.4 is 5.32 Å². The van der Waals surface area contributed by atoms with E-state index in [0.717, 1.165) is 25.1 Å². The Bertz CT molecular complexity index is 585. The molecule has 2 atom stereocenters. The lowest BCUT2D eigenvalue weighted by Gasteiger charge is -2.26. The summed E-state index contributed by atoms with van der Waals surface area (Å²) >= 11 is 1.72. The molecule has 2 aromatic heterocycles. The van der Waals surface area contributed by atoms with Crippen molar-refractivity contribution in [2.75, 3.05) is 6.54 Å². The molecule has 0 aromatic carbocycles. The van der Waals surface area contributed by atoms with Gasteiger partial charge in [-0.3, -0.25) is 4.98 Å². The average Bonchev–Trinajstić information content (AvgIpc) is 3.18. The fourth-order valence-corrected chi connectivity index (χ4v) is 3.63. The van der Waals surface area contributed by atoms with Crippen molar-refractivity contribution in [2.45, 2.75) is 31.8 Å². The number of pyridine rings is 1. The smallest absolute Gasteiger partial charge is 0.318 e. The molecule has 0 saturated carbocycles. The molecule has 0 spiro atoms. The highest BCUT2D eigenvalue weighted by atomic mass is 32.1. The normalized spacial score (nSPS) is 19.5. The molecular formula is C16H19N3OS. The molecule has 1 N–H and O–H groups in total. The summed E-state index contributed by atoms with van der Waals surface area (Å²) in [5.74, 6) is 0. The molecule has 2 amide bonds. The minimum atomic E-state index is -0.0803. The van der Waals surface area contributed by atoms with E-state index < -0.39 is 0 Å². The lowest BCUT2D eigenvalue weighted by atomic mass is 10.2. The van der Waals surface area contributed by atoms with Crippen LogP contribution in [0.25, 0.3) is 0 Å². The van der Waals surface area contributed by atoms with Crippen molar-refractivity contribution >= 4 is 17.4 Å². The van der Waals surface area contributed by atoms with Crippen LogP contribution in [0.2, 0.25) is 0 Å². The van der Waals surface area contributed by atoms with Crippen LogP contribution >= 0.6 is 11.3 Å². The van der Waals surface area contributed by atoms with Crippen LogP contribution in [-0.4, -0.2) is 22.5 Å². The van der Waals surface area contributed by atoms with Crippen molar-refractivity contribution in [1.29, 1.82) is 0 Å². The second-order valence-corrected chi connectivity index (χ2v) is 6.27. The molecule has 4 nitrogen and oxygen atoms in total. The predicted molar refractivity (Wildman–Crippen MR) is 84.2 cm³/mol. The summed E-state index contributed by atoms with van der Waals surface area (Å²) in [7, 11) is 0. The molecule has 1 saturated heterocycles. The Balaban J connectivity index is 1.67. The number of urea groups is 1. The van der Waals surface area contributed by atoms with Gasteiger partial charge in [0.15, 0.2) is 0 Å². The van der Waals surface area contributed by atoms with E-state index in [1.807, 2.05) is 36.1 Å². The number of likely N-dealkylation sites (tertiary alicyclic amines) is 1. The SMILES string of the molecule is CC(NC(=O)N1CCCC1c1cccs1)c1ccccn1. The van der Waals surface area contributed by atoms with Gasteiger partial charge in [-0.1, -0.05) is 12.1 Å². The summed E-state index contributed by atoms with van der Waals surface area (Å²) in [6.07, 6.45) is 3.86. The molecule has 5 heteroatoms. The largest absolute Gasteiger partial charge is 0.330 e. The summed E-state index contributed by atoms with van der Waals surface area (Å²) < 4.78 is 0. The highest BCUT2D eigenvalue weighted by molar-refractivity contribution is 7.10. The molecule has 1 aliphatic heterocycles. The van der Waals surface area contributed by atoms with Crippen LogP contribution in [0.1, 0.15) is 42.4 Å². The van der Waals surface area contributed by atoms with E-state index in [1.54, 1.807) is 17.5 Å². The van der Waals surface area contributed by atoms with Crippen molar-refractivity contribution in [1.82, 2.24) is 15.2 Å². The first-order valence-electron chi connectivity index (χ1n) is 7.27. The first-order chi connectivity index (χ1) is 10.3. The number of rotatable bonds is 3. The third-order valence-corrected chi connectivity index (χ3v) is 4.83. The lowest BCUT2D eigenvalue weighted by molar-refractivity contribution is 0.190. The second kappa shape index (κ2) is 6.26. The Kier molecular flexibility index (Phi) is 4.20. The summed E-state index contributed by atoms with van der Waals surface area (Å²) in [5, 5.41) is 5.13. The quantitative estimate of drug-likeness (QED) is 0.938. The minimum absolute atomic E-state index is 0.00375. The fraction of sp³-hybridized carbons (Fsp3) is 0.375. The number of hydrogen-bond donors (Lipinski definition) is 1. The molecule has 21 heavy (non-hydrogen) atoms. The Labute approximate surface area is 128 Å². The monoisotopic (exact) mass is 301 g/mol. The van der Waals surface area contributed by atoms with Gasteiger partial charge in [-0.05, 0) is 43.3 Å². The van der Waals surface area contributed by atoms with Gasteiger partial charge in [-0.25, -0.2) is 4.79 Å². The van der Waals surface area contributed by atoms with E-state index >= 15 is 0 Å². The molecule has 0 bridgehead atoms. The maximum Gasteiger partial charge on any atom is 0.318 e. The van der Waals surface area contributed by atoms with Crippen molar-refractivity contribution in [3.05, 3.63) is 52.5 Å². The van der Waals surface area contributed by atoms with Crippen LogP contribution in [0.3, 0.4) is 0 Å². The van der Waals surface area contributed by atoms with Gasteiger partial charge in [0.25, 0.3) is 0 Å². The van der Waals surface area contributed by atoms with E-state index in [2.05, 4.69) is 21.7 Å². The number of nitrogens with zero attached hydrogens (tertiary/aromatic N) is 2. The number of aromatic nitrogens is 1. The molecule has 0 radical (unpaired) electrons. The summed E-state index contributed by atoms with van der Waals surface area (Å²) in [4.78, 5) is 20.0. The molecule has 1 fully saturated rings. The van der Waals surface area contributed by atoms with E-state index in [-0.39, 0.29) is 18.1 Å². The van der Waals surface area contributed by atoms with E-state index in [4.69, 9.17) is 0 Å². The summed E-state index contributed by atoms with van der Waals surface area (Å²) in [6, 6.07) is 10.1. The molecule has 1 aliphatic rings. The van der Waals surface area contributed by atoms with Gasteiger partial charge < -0.3 is 10.2 Å². The van der Waals surface area contributed by atoms with Crippen molar-refractivity contribution in [2.24, 2.45) is 0 Å². The maximum atomic E-state index is 12.5. The minimum Gasteiger partial charge on any atom is -0.330 e. The van der Waals surface area contributed by atoms with Crippen LogP contribution in [0.4, 0.5) is 4.79 Å². The summed E-state index contributed by atoms with van der Waals surface area (Å²) in [6.45, 7) is 2.79. The Morgan fingerprint density at radius 2 is 2.33 bits per heavy atom. The van der Waals surface area contributed by atoms with Gasteiger partial charge >= 0.3 is 6.03 Å². The molecule has 3 heterocycles. The van der Waals surface area contributed by atoms with Crippen LogP contribution in [-0.2, 0) is 0 Å². The zero-order valence-electron chi connectivity index (χ0n) is 12.0. The highest BCUT2D eigenvalue weighted by Gasteiger charge is 2.31. The third-order valence-electron chi connectivity index (χ3n) is 3.86. The number of thiophene rings is 1. The van der Waals surface area contributed by atoms with Gasteiger partial charge in [0, 0.05) is 17.6 Å². The molecule has 2 aromatic rings. The first kappa shape index (κ1) is 14.1. The number of carbonyl (C=O) groups is 1. The zero-order valence-corrected chi connectivity index (χ0v) is 12.8. The first-order valence-corrected chi connectivity index (χ1v) is 8.15. The predicted octanol–water partition coefficient (Wildman–Crippen LogP) is 3.75. The van der Waals surface area contributed by atoms with Crippen molar-refractivity contribution < 1.29 is 4.79 Å². The van der Waals surface area contributed by atoms with Crippen molar-refractivity contribution in [3.8, 4) is 0 Å². The number of carbonyl (C=O) groups excluding carboxylic acids is 1. The van der Waals surface area contributed by atoms with Gasteiger partial charge in [0.05, 0.1) is 17.8 Å². The number of nitrogens with one attached hydrogen (secondary N) is 1. The molecule has 110 valence electrons. The van der Waals surface area contributed by atoms with Crippen molar-refractivity contribution in [3.63, 3.8) is 0 Å². The highest BCUT2D eigenvalue weighted by Crippen LogP contribution is 2.34. The van der Waals surface area contributed by atoms with E-state index in [9.17, 15) is 4.79 Å². The van der Waals surface area contributed by atoms with Gasteiger partial charge in [0.1, 0.15) is 0 Å². The average molecular weight is 301 g/mol. The molecule has 0 aliphatic carbocycles. The standard InChI is InChI=1S/C16H19N3OS/c1-12(13-6-2-3-9-17-13)18-16(20)19-10-4-7-14(19)15-8-5-11-21-15/h2-3,5-6,8-9,11-12,14H,4,7,10H2,1H3,(H,18,20). The summed E-state index contributed by atoms with van der Waals surface area (Å²) in [5.41, 5.74) is 0.887. The zero-order chi connectivity index (χ0) is 14.7. The van der Waals surface area contributed by atoms with E-state index in [1.165, 1.54) is 4.88 Å². The Hall–Kier alpha value is -1.88. The number of amides is 2. The van der Waals surface area contributed by atoms with Gasteiger partial charge in [0.2, 0.25) is 0 Å². The lowest BCUT2D eigenvalue weighted by Crippen LogP contribution is -2.40. The molecule has 2 unspecified atom stereocenters. The fourth-order valence-electron chi connectivity index (χ4n) is 2.76. The molecule has 3 rings (SSSR count).